The molecule has 2 aromatic heterocycles. The molecule has 0 radical (unpaired) electrons. The third-order valence-electron chi connectivity index (χ3n) is 6.42. The molecular weight excluding hydrogens is 508 g/mol. The van der Waals surface area contributed by atoms with E-state index < -0.39 is 0 Å². The maximum Gasteiger partial charge on any atom is 0.323 e. The molecule has 3 amide bonds. The first-order valence-corrected chi connectivity index (χ1v) is 13.8. The fraction of sp³-hybridized carbons (Fsp3) is 0.233. The van der Waals surface area contributed by atoms with Gasteiger partial charge in [0.05, 0.1) is 0 Å². The Bertz CT molecular complexity index is 1470. The number of fused-ring (bicyclic) bond motifs is 1. The summed E-state index contributed by atoms with van der Waals surface area (Å²) < 4.78 is 0.962. The van der Waals surface area contributed by atoms with E-state index in [1.54, 1.807) is 23.6 Å². The molecule has 0 saturated heterocycles. The fourth-order valence-electron chi connectivity index (χ4n) is 4.27. The van der Waals surface area contributed by atoms with Gasteiger partial charge in [-0.2, -0.15) is 0 Å². The predicted molar refractivity (Wildman–Crippen MR) is 163 cm³/mol. The van der Waals surface area contributed by atoms with Gasteiger partial charge in [-0.05, 0) is 66.9 Å². The lowest BCUT2D eigenvalue weighted by atomic mass is 10.0. The highest BCUT2D eigenvalue weighted by Gasteiger charge is 2.14. The Kier molecular flexibility index (Phi) is 9.30. The van der Waals surface area contributed by atoms with Gasteiger partial charge in [0, 0.05) is 58.0 Å². The number of aryl methyl sites for hydroxylation is 1. The molecule has 4 rings (SSSR count). The number of nitrogen functional groups attached to an aromatic ring is 1. The molecule has 0 fully saturated rings. The zero-order valence-corrected chi connectivity index (χ0v) is 23.3. The van der Waals surface area contributed by atoms with Crippen LogP contribution in [0.5, 0.6) is 0 Å². The first-order valence-electron chi connectivity index (χ1n) is 13.0. The lowest BCUT2D eigenvalue weighted by Crippen LogP contribution is -2.34. The van der Waals surface area contributed by atoms with Crippen LogP contribution in [0.4, 0.5) is 22.0 Å². The summed E-state index contributed by atoms with van der Waals surface area (Å²) in [5.41, 5.74) is 11.5. The van der Waals surface area contributed by atoms with Gasteiger partial charge in [0.25, 0.3) is 0 Å². The minimum Gasteiger partial charge on any atom is -0.383 e. The summed E-state index contributed by atoms with van der Waals surface area (Å²) in [6.07, 6.45) is 5.01. The van der Waals surface area contributed by atoms with Crippen molar-refractivity contribution in [2.24, 2.45) is 0 Å². The number of aromatic nitrogens is 1. The summed E-state index contributed by atoms with van der Waals surface area (Å²) in [4.78, 5) is 31.4. The molecule has 5 N–H and O–H groups in total. The van der Waals surface area contributed by atoms with Gasteiger partial charge in [0.1, 0.15) is 5.82 Å². The van der Waals surface area contributed by atoms with Crippen molar-refractivity contribution >= 4 is 56.6 Å². The molecule has 0 aliphatic heterocycles. The van der Waals surface area contributed by atoms with E-state index in [4.69, 9.17) is 5.73 Å². The number of likely N-dealkylation sites (N-methyl/N-ethyl adjacent to an activating group) is 1. The highest BCUT2D eigenvalue weighted by atomic mass is 32.1. The number of pyridine rings is 1. The number of thiophene rings is 1. The molecule has 8 nitrogen and oxygen atoms in total. The number of rotatable bonds is 10. The van der Waals surface area contributed by atoms with E-state index in [1.165, 1.54) is 6.08 Å². The number of hydrogen-bond acceptors (Lipinski definition) is 6. The summed E-state index contributed by atoms with van der Waals surface area (Å²) in [5.74, 6) is 0.292. The summed E-state index contributed by atoms with van der Waals surface area (Å²) >= 11 is 1.56. The third-order valence-corrected chi connectivity index (χ3v) is 7.45. The number of amides is 3. The van der Waals surface area contributed by atoms with E-state index >= 15 is 0 Å². The number of nitrogens with one attached hydrogen (secondary N) is 3. The Hall–Kier alpha value is -4.21. The molecule has 0 aliphatic rings. The molecule has 0 atom stereocenters. The van der Waals surface area contributed by atoms with Gasteiger partial charge < -0.3 is 26.6 Å². The van der Waals surface area contributed by atoms with Gasteiger partial charge in [-0.1, -0.05) is 38.1 Å². The molecule has 9 heteroatoms. The van der Waals surface area contributed by atoms with Crippen LogP contribution in [0.15, 0.2) is 66.2 Å². The molecular formula is C30H34N6O2S. The van der Waals surface area contributed by atoms with Crippen LogP contribution in [0.1, 0.15) is 25.0 Å². The Balaban J connectivity index is 1.45. The molecule has 2 aromatic carbocycles. The lowest BCUT2D eigenvalue weighted by Gasteiger charge is -2.17. The van der Waals surface area contributed by atoms with Gasteiger partial charge in [0.15, 0.2) is 0 Å². The number of nitrogens with zero attached hydrogens (tertiary/aromatic N) is 2. The first kappa shape index (κ1) is 27.8. The maximum atomic E-state index is 12.4. The molecule has 0 saturated carbocycles. The topological polar surface area (TPSA) is 112 Å². The van der Waals surface area contributed by atoms with Crippen LogP contribution in [0.3, 0.4) is 0 Å². The second-order valence-electron chi connectivity index (χ2n) is 9.13. The van der Waals surface area contributed by atoms with Crippen molar-refractivity contribution in [1.82, 2.24) is 15.2 Å². The molecule has 0 bridgehead atoms. The zero-order valence-electron chi connectivity index (χ0n) is 22.5. The maximum absolute atomic E-state index is 12.4. The average molecular weight is 543 g/mol. The molecule has 39 heavy (non-hydrogen) atoms. The van der Waals surface area contributed by atoms with E-state index in [1.807, 2.05) is 60.8 Å². The third kappa shape index (κ3) is 7.22. The molecule has 202 valence electrons. The van der Waals surface area contributed by atoms with Gasteiger partial charge in [-0.3, -0.25) is 4.79 Å². The number of anilines is 3. The van der Waals surface area contributed by atoms with E-state index in [-0.39, 0.29) is 11.9 Å². The van der Waals surface area contributed by atoms with Crippen LogP contribution in [0, 0.1) is 6.92 Å². The predicted octanol–water partition coefficient (Wildman–Crippen LogP) is 5.97. The highest BCUT2D eigenvalue weighted by Crippen LogP contribution is 2.39. The lowest BCUT2D eigenvalue weighted by molar-refractivity contribution is -0.116. The van der Waals surface area contributed by atoms with E-state index in [0.717, 1.165) is 57.7 Å². The molecule has 0 spiro atoms. The fourth-order valence-corrected chi connectivity index (χ4v) is 5.35. The van der Waals surface area contributed by atoms with Crippen molar-refractivity contribution in [2.45, 2.75) is 20.8 Å². The van der Waals surface area contributed by atoms with Crippen LogP contribution in [-0.4, -0.2) is 48.0 Å². The standard InChI is InChI=1S/C30H34N6O2S/c1-4-36(5-2)16-15-32-26(37)14-11-22-18-33-29(31)27-25(19-39-28(22)27)21-9-12-23(13-10-21)34-30(38)35-24-8-6-7-20(3)17-24/h6-14,17-19H,4-5,15-16H2,1-3H3,(H2,31,33)(H,32,37)(H2,34,35,38)/b14-11+. The highest BCUT2D eigenvalue weighted by molar-refractivity contribution is 7.18. The van der Waals surface area contributed by atoms with E-state index in [2.05, 4.69) is 39.7 Å². The molecule has 2 heterocycles. The number of carbonyl (C=O) groups excluding carboxylic acids is 2. The second-order valence-corrected chi connectivity index (χ2v) is 10.0. The monoisotopic (exact) mass is 542 g/mol. The second kappa shape index (κ2) is 13.0. The molecule has 0 aliphatic carbocycles. The molecule has 0 unspecified atom stereocenters. The van der Waals surface area contributed by atoms with Crippen molar-refractivity contribution in [3.63, 3.8) is 0 Å². The number of benzene rings is 2. The summed E-state index contributed by atoms with van der Waals surface area (Å²) in [6.45, 7) is 9.53. The minimum atomic E-state index is -0.309. The van der Waals surface area contributed by atoms with E-state index in [0.29, 0.717) is 18.1 Å². The van der Waals surface area contributed by atoms with Gasteiger partial charge in [-0.25, -0.2) is 9.78 Å². The first-order chi connectivity index (χ1) is 18.9. The van der Waals surface area contributed by atoms with E-state index in [9.17, 15) is 9.59 Å². The van der Waals surface area contributed by atoms with Gasteiger partial charge in [-0.15, -0.1) is 11.3 Å². The van der Waals surface area contributed by atoms with Crippen molar-refractivity contribution in [3.05, 3.63) is 77.3 Å². The normalized spacial score (nSPS) is 11.3. The van der Waals surface area contributed by atoms with Crippen LogP contribution in [0.25, 0.3) is 27.3 Å². The Morgan fingerprint density at radius 2 is 1.79 bits per heavy atom. The van der Waals surface area contributed by atoms with Crippen LogP contribution in [0.2, 0.25) is 0 Å². The smallest absolute Gasteiger partial charge is 0.323 e. The van der Waals surface area contributed by atoms with Crippen molar-refractivity contribution < 1.29 is 9.59 Å². The number of hydrogen-bond donors (Lipinski definition) is 4. The Morgan fingerprint density at radius 1 is 1.05 bits per heavy atom. The van der Waals surface area contributed by atoms with Crippen molar-refractivity contribution in [1.29, 1.82) is 0 Å². The summed E-state index contributed by atoms with van der Waals surface area (Å²) in [5, 5.41) is 11.5. The summed E-state index contributed by atoms with van der Waals surface area (Å²) in [7, 11) is 0. The number of carbonyl (C=O) groups is 2. The molecule has 4 aromatic rings. The average Bonchev–Trinajstić information content (AvgIpc) is 3.37. The van der Waals surface area contributed by atoms with Gasteiger partial charge >= 0.3 is 6.03 Å². The SMILES string of the molecule is CCN(CC)CCNC(=O)/C=C/c1cnc(N)c2c(-c3ccc(NC(=O)Nc4cccc(C)c4)cc3)csc12. The Morgan fingerprint density at radius 3 is 2.51 bits per heavy atom. The van der Waals surface area contributed by atoms with Crippen LogP contribution < -0.4 is 21.7 Å². The van der Waals surface area contributed by atoms with Crippen LogP contribution >= 0.6 is 11.3 Å². The van der Waals surface area contributed by atoms with Crippen molar-refractivity contribution in [2.75, 3.05) is 42.5 Å². The quantitative estimate of drug-likeness (QED) is 0.185. The summed E-state index contributed by atoms with van der Waals surface area (Å²) in [6, 6.07) is 14.9. The van der Waals surface area contributed by atoms with Crippen molar-refractivity contribution in [3.8, 4) is 11.1 Å². The number of urea groups is 1. The Labute approximate surface area is 232 Å². The van der Waals surface area contributed by atoms with Gasteiger partial charge in [0.2, 0.25) is 5.91 Å². The van der Waals surface area contributed by atoms with Crippen LogP contribution in [-0.2, 0) is 4.79 Å². The zero-order chi connectivity index (χ0) is 27.8. The number of nitrogens with two attached hydrogens (primary N) is 1. The largest absolute Gasteiger partial charge is 0.383 e. The minimum absolute atomic E-state index is 0.140.